The van der Waals surface area contributed by atoms with Crippen LogP contribution in [-0.4, -0.2) is 11.2 Å². The van der Waals surface area contributed by atoms with Crippen LogP contribution in [0.2, 0.25) is 0 Å². The van der Waals surface area contributed by atoms with Crippen molar-refractivity contribution in [2.75, 3.05) is 0 Å². The Morgan fingerprint density at radius 2 is 2.06 bits per heavy atom. The molecule has 0 radical (unpaired) electrons. The minimum Gasteiger partial charge on any atom is -0.391 e. The average molecular weight is 325 g/mol. The van der Waals surface area contributed by atoms with Gasteiger partial charge >= 0.3 is 0 Å². The number of hydrogen-bond acceptors (Lipinski definition) is 2. The summed E-state index contributed by atoms with van der Waals surface area (Å²) in [6.07, 6.45) is 2.45. The first kappa shape index (κ1) is 14.9. The van der Waals surface area contributed by atoms with E-state index in [0.29, 0.717) is 10.0 Å². The minimum atomic E-state index is -0.652. The molecular formula is C12H16BrClFNO. The largest absolute Gasteiger partial charge is 0.391 e. The Balaban J connectivity index is 0.00000144. The second kappa shape index (κ2) is 6.14. The SMILES string of the molecule is Cl.N[C@@H](c1c(F)cccc1Br)[C@H](O)C1CCC1. The lowest BCUT2D eigenvalue weighted by Crippen LogP contribution is -2.37. The first-order chi connectivity index (χ1) is 7.61. The van der Waals surface area contributed by atoms with E-state index in [1.165, 1.54) is 6.07 Å². The number of aliphatic hydroxyl groups is 1. The van der Waals surface area contributed by atoms with Crippen molar-refractivity contribution in [3.05, 3.63) is 34.1 Å². The van der Waals surface area contributed by atoms with Gasteiger partial charge in [0.1, 0.15) is 5.82 Å². The molecule has 0 aromatic heterocycles. The van der Waals surface area contributed by atoms with E-state index in [2.05, 4.69) is 15.9 Å². The molecule has 0 aliphatic heterocycles. The maximum Gasteiger partial charge on any atom is 0.129 e. The Morgan fingerprint density at radius 1 is 1.41 bits per heavy atom. The van der Waals surface area contributed by atoms with E-state index in [9.17, 15) is 9.50 Å². The van der Waals surface area contributed by atoms with Gasteiger partial charge in [0.15, 0.2) is 0 Å². The maximum absolute atomic E-state index is 13.6. The van der Waals surface area contributed by atoms with Crippen LogP contribution >= 0.6 is 28.3 Å². The van der Waals surface area contributed by atoms with Gasteiger partial charge < -0.3 is 10.8 Å². The highest BCUT2D eigenvalue weighted by molar-refractivity contribution is 9.10. The summed E-state index contributed by atoms with van der Waals surface area (Å²) >= 11 is 3.27. The standard InChI is InChI=1S/C12H15BrFNO.ClH/c13-8-5-2-6-9(14)10(8)11(15)12(16)7-3-1-4-7;/h2,5-7,11-12,16H,1,3-4,15H2;1H/t11-,12+;/m0./s1. The number of hydrogen-bond donors (Lipinski definition) is 2. The van der Waals surface area contributed by atoms with Crippen molar-refractivity contribution in [2.45, 2.75) is 31.4 Å². The smallest absolute Gasteiger partial charge is 0.129 e. The van der Waals surface area contributed by atoms with Crippen LogP contribution in [0, 0.1) is 11.7 Å². The van der Waals surface area contributed by atoms with Crippen molar-refractivity contribution >= 4 is 28.3 Å². The number of halogens is 3. The van der Waals surface area contributed by atoms with Crippen LogP contribution in [0.1, 0.15) is 30.9 Å². The molecule has 1 aliphatic carbocycles. The lowest BCUT2D eigenvalue weighted by molar-refractivity contribution is 0.0403. The fourth-order valence-electron chi connectivity index (χ4n) is 2.07. The summed E-state index contributed by atoms with van der Waals surface area (Å²) in [5, 5.41) is 10.0. The second-order valence-electron chi connectivity index (χ2n) is 4.34. The van der Waals surface area contributed by atoms with Crippen LogP contribution in [0.5, 0.6) is 0 Å². The molecule has 0 spiro atoms. The maximum atomic E-state index is 13.6. The zero-order valence-electron chi connectivity index (χ0n) is 9.27. The average Bonchev–Trinajstić information content (AvgIpc) is 2.14. The molecule has 17 heavy (non-hydrogen) atoms. The van der Waals surface area contributed by atoms with Crippen LogP contribution in [-0.2, 0) is 0 Å². The van der Waals surface area contributed by atoms with E-state index >= 15 is 0 Å². The summed E-state index contributed by atoms with van der Waals surface area (Å²) in [5.41, 5.74) is 6.31. The molecule has 1 fully saturated rings. The molecule has 0 saturated heterocycles. The van der Waals surface area contributed by atoms with Gasteiger partial charge in [-0.3, -0.25) is 0 Å². The molecule has 5 heteroatoms. The quantitative estimate of drug-likeness (QED) is 0.897. The number of nitrogens with two attached hydrogens (primary N) is 1. The van der Waals surface area contributed by atoms with Gasteiger partial charge in [-0.1, -0.05) is 28.4 Å². The summed E-state index contributed by atoms with van der Waals surface area (Å²) in [7, 11) is 0. The molecule has 3 N–H and O–H groups in total. The first-order valence-electron chi connectivity index (χ1n) is 5.49. The predicted octanol–water partition coefficient (Wildman–Crippen LogP) is 3.17. The summed E-state index contributed by atoms with van der Waals surface area (Å²) in [4.78, 5) is 0. The molecule has 2 nitrogen and oxygen atoms in total. The fourth-order valence-corrected chi connectivity index (χ4v) is 2.68. The van der Waals surface area contributed by atoms with Gasteiger partial charge in [0.05, 0.1) is 12.1 Å². The molecule has 1 aliphatic rings. The van der Waals surface area contributed by atoms with E-state index in [4.69, 9.17) is 5.73 Å². The highest BCUT2D eigenvalue weighted by atomic mass is 79.9. The van der Waals surface area contributed by atoms with Crippen molar-refractivity contribution in [3.63, 3.8) is 0 Å². The number of benzene rings is 1. The van der Waals surface area contributed by atoms with Crippen LogP contribution in [0.3, 0.4) is 0 Å². The Labute approximate surface area is 115 Å². The van der Waals surface area contributed by atoms with Crippen molar-refractivity contribution < 1.29 is 9.50 Å². The zero-order valence-corrected chi connectivity index (χ0v) is 11.7. The van der Waals surface area contributed by atoms with Crippen LogP contribution in [0.4, 0.5) is 4.39 Å². The van der Waals surface area contributed by atoms with E-state index in [1.807, 2.05) is 0 Å². The van der Waals surface area contributed by atoms with E-state index in [-0.39, 0.29) is 24.1 Å². The van der Waals surface area contributed by atoms with Crippen molar-refractivity contribution in [1.29, 1.82) is 0 Å². The molecule has 1 aromatic carbocycles. The summed E-state index contributed by atoms with van der Waals surface area (Å²) in [6.45, 7) is 0. The molecule has 0 heterocycles. The molecule has 1 saturated carbocycles. The predicted molar refractivity (Wildman–Crippen MR) is 71.6 cm³/mol. The van der Waals surface area contributed by atoms with Crippen molar-refractivity contribution in [3.8, 4) is 0 Å². The molecule has 0 amide bonds. The second-order valence-corrected chi connectivity index (χ2v) is 5.20. The third kappa shape index (κ3) is 2.99. The molecule has 1 aromatic rings. The summed E-state index contributed by atoms with van der Waals surface area (Å²) in [5.74, 6) is -0.137. The van der Waals surface area contributed by atoms with Gasteiger partial charge in [-0.2, -0.15) is 0 Å². The molecule has 96 valence electrons. The minimum absolute atomic E-state index is 0. The number of aliphatic hydroxyl groups excluding tert-OH is 1. The summed E-state index contributed by atoms with van der Waals surface area (Å²) < 4.78 is 14.2. The van der Waals surface area contributed by atoms with Gasteiger partial charge in [-0.05, 0) is 30.9 Å². The van der Waals surface area contributed by atoms with Crippen LogP contribution in [0.25, 0.3) is 0 Å². The van der Waals surface area contributed by atoms with Crippen molar-refractivity contribution in [1.82, 2.24) is 0 Å². The topological polar surface area (TPSA) is 46.2 Å². The molecule has 0 bridgehead atoms. The van der Waals surface area contributed by atoms with Crippen LogP contribution in [0.15, 0.2) is 22.7 Å². The number of rotatable bonds is 3. The van der Waals surface area contributed by atoms with E-state index < -0.39 is 12.1 Å². The van der Waals surface area contributed by atoms with Gasteiger partial charge in [0.25, 0.3) is 0 Å². The van der Waals surface area contributed by atoms with E-state index in [1.54, 1.807) is 12.1 Å². The lowest BCUT2D eigenvalue weighted by Gasteiger charge is -2.34. The third-order valence-corrected chi connectivity index (χ3v) is 4.03. The fraction of sp³-hybridized carbons (Fsp3) is 0.500. The van der Waals surface area contributed by atoms with Gasteiger partial charge in [0.2, 0.25) is 0 Å². The zero-order chi connectivity index (χ0) is 11.7. The third-order valence-electron chi connectivity index (χ3n) is 3.33. The summed E-state index contributed by atoms with van der Waals surface area (Å²) in [6, 6.07) is 4.07. The molecule has 2 atom stereocenters. The Kier molecular flexibility index (Phi) is 5.38. The first-order valence-corrected chi connectivity index (χ1v) is 6.28. The molecular weight excluding hydrogens is 308 g/mol. The van der Waals surface area contributed by atoms with Gasteiger partial charge in [-0.25, -0.2) is 4.39 Å². The monoisotopic (exact) mass is 323 g/mol. The normalized spacial score (nSPS) is 19.1. The van der Waals surface area contributed by atoms with Gasteiger partial charge in [0, 0.05) is 10.0 Å². The Hall–Kier alpha value is -0.160. The van der Waals surface area contributed by atoms with E-state index in [0.717, 1.165) is 19.3 Å². The lowest BCUT2D eigenvalue weighted by atomic mass is 9.77. The van der Waals surface area contributed by atoms with Crippen LogP contribution < -0.4 is 5.73 Å². The van der Waals surface area contributed by atoms with Gasteiger partial charge in [-0.15, -0.1) is 12.4 Å². The molecule has 0 unspecified atom stereocenters. The highest BCUT2D eigenvalue weighted by Gasteiger charge is 2.32. The molecule has 2 rings (SSSR count). The van der Waals surface area contributed by atoms with Crippen molar-refractivity contribution in [2.24, 2.45) is 11.7 Å². The Bertz CT molecular complexity index is 367. The highest BCUT2D eigenvalue weighted by Crippen LogP contribution is 2.36. The Morgan fingerprint density at radius 3 is 2.53 bits per heavy atom.